The molecule has 2 atom stereocenters. The van der Waals surface area contributed by atoms with Crippen LogP contribution in [0, 0.1) is 5.82 Å². The van der Waals surface area contributed by atoms with Gasteiger partial charge in [0.2, 0.25) is 0 Å². The smallest absolute Gasteiger partial charge is 0.138 e. The van der Waals surface area contributed by atoms with E-state index in [9.17, 15) is 9.50 Å². The lowest BCUT2D eigenvalue weighted by Crippen LogP contribution is -2.30. The number of β-amino-alcohol motifs (C(OH)–C–C–N with tert-alkyl or cyclic N) is 1. The van der Waals surface area contributed by atoms with E-state index in [1.165, 1.54) is 12.1 Å². The Kier molecular flexibility index (Phi) is 5.13. The molecule has 0 saturated carbocycles. The number of hydrogen-bond acceptors (Lipinski definition) is 4. The van der Waals surface area contributed by atoms with Crippen molar-refractivity contribution in [1.82, 2.24) is 4.90 Å². The van der Waals surface area contributed by atoms with Crippen LogP contribution in [0.3, 0.4) is 0 Å². The summed E-state index contributed by atoms with van der Waals surface area (Å²) in [4.78, 5) is 2.09. The summed E-state index contributed by atoms with van der Waals surface area (Å²) in [6.45, 7) is 5.26. The van der Waals surface area contributed by atoms with Crippen LogP contribution in [0.4, 0.5) is 4.39 Å². The Balaban J connectivity index is 1.84. The third kappa shape index (κ3) is 4.16. The van der Waals surface area contributed by atoms with Crippen LogP contribution < -0.4 is 4.74 Å². The number of hydrogen-bond donors (Lipinski definition) is 1. The molecule has 4 nitrogen and oxygen atoms in total. The zero-order valence-corrected chi connectivity index (χ0v) is 11.1. The molecule has 0 spiro atoms. The fraction of sp³-hybridized carbons (Fsp3) is 0.571. The van der Waals surface area contributed by atoms with Crippen LogP contribution in [0.2, 0.25) is 0 Å². The molecule has 1 heterocycles. The van der Waals surface area contributed by atoms with Crippen molar-refractivity contribution >= 4 is 0 Å². The molecular weight excluding hydrogens is 249 g/mol. The maximum Gasteiger partial charge on any atom is 0.138 e. The van der Waals surface area contributed by atoms with E-state index in [0.29, 0.717) is 32.1 Å². The molecule has 5 heteroatoms. The van der Waals surface area contributed by atoms with Crippen LogP contribution in [0.5, 0.6) is 5.75 Å². The van der Waals surface area contributed by atoms with Crippen molar-refractivity contribution in [2.45, 2.75) is 19.1 Å². The first kappa shape index (κ1) is 14.2. The van der Waals surface area contributed by atoms with Gasteiger partial charge in [0, 0.05) is 32.3 Å². The van der Waals surface area contributed by atoms with E-state index >= 15 is 0 Å². The molecule has 106 valence electrons. The molecule has 0 aromatic heterocycles. The number of halogens is 1. The normalized spacial score (nSPS) is 23.7. The van der Waals surface area contributed by atoms with Gasteiger partial charge in [0.1, 0.15) is 23.8 Å². The first-order valence-electron chi connectivity index (χ1n) is 6.59. The highest BCUT2D eigenvalue weighted by molar-refractivity contribution is 5.23. The number of nitrogens with zero attached hydrogens (tertiary/aromatic N) is 1. The molecule has 0 unspecified atom stereocenters. The number of rotatable bonds is 6. The highest BCUT2D eigenvalue weighted by Crippen LogP contribution is 2.19. The van der Waals surface area contributed by atoms with Crippen molar-refractivity contribution in [3.05, 3.63) is 30.1 Å². The maximum atomic E-state index is 13.1. The predicted octanol–water partition coefficient (Wildman–Crippen LogP) is 1.29. The van der Waals surface area contributed by atoms with Crippen molar-refractivity contribution in [2.75, 3.05) is 32.8 Å². The molecule has 19 heavy (non-hydrogen) atoms. The summed E-state index contributed by atoms with van der Waals surface area (Å²) < 4.78 is 24.0. The van der Waals surface area contributed by atoms with Gasteiger partial charge in [-0.15, -0.1) is 0 Å². The topological polar surface area (TPSA) is 41.9 Å². The summed E-state index contributed by atoms with van der Waals surface area (Å²) in [5.41, 5.74) is 0. The van der Waals surface area contributed by atoms with E-state index in [1.54, 1.807) is 12.1 Å². The fourth-order valence-electron chi connectivity index (χ4n) is 2.18. The molecular formula is C14H20FNO3. The van der Waals surface area contributed by atoms with Crippen LogP contribution in [0.15, 0.2) is 24.3 Å². The Hall–Kier alpha value is -1.17. The minimum absolute atomic E-state index is 0.316. The molecule has 1 fully saturated rings. The molecule has 1 aliphatic rings. The first-order chi connectivity index (χ1) is 9.19. The summed E-state index contributed by atoms with van der Waals surface area (Å²) in [7, 11) is 0. The molecule has 1 aromatic rings. The predicted molar refractivity (Wildman–Crippen MR) is 69.8 cm³/mol. The summed E-state index contributed by atoms with van der Waals surface area (Å²) in [5.74, 6) is 0.119. The van der Waals surface area contributed by atoms with E-state index in [4.69, 9.17) is 9.47 Å². The monoisotopic (exact) mass is 269 g/mol. The second-order valence-electron chi connectivity index (χ2n) is 4.64. The summed E-state index contributed by atoms with van der Waals surface area (Å²) in [5, 5.41) is 9.95. The Morgan fingerprint density at radius 3 is 3.00 bits per heavy atom. The van der Waals surface area contributed by atoms with Gasteiger partial charge >= 0.3 is 0 Å². The number of aliphatic hydroxyl groups excluding tert-OH is 1. The van der Waals surface area contributed by atoms with E-state index in [0.717, 1.165) is 6.54 Å². The Morgan fingerprint density at radius 2 is 2.26 bits per heavy atom. The van der Waals surface area contributed by atoms with Gasteiger partial charge in [-0.05, 0) is 19.1 Å². The molecule has 0 amide bonds. The van der Waals surface area contributed by atoms with Crippen LogP contribution >= 0.6 is 0 Å². The van der Waals surface area contributed by atoms with Crippen LogP contribution in [-0.4, -0.2) is 55.1 Å². The average Bonchev–Trinajstić information content (AvgIpc) is 2.70. The lowest BCUT2D eigenvalue weighted by molar-refractivity contribution is 0.0734. The van der Waals surface area contributed by atoms with Crippen molar-refractivity contribution in [3.8, 4) is 5.75 Å². The number of aliphatic hydroxyl groups is 1. The molecule has 0 bridgehead atoms. The Morgan fingerprint density at radius 1 is 1.42 bits per heavy atom. The van der Waals surface area contributed by atoms with E-state index in [-0.39, 0.29) is 11.9 Å². The standard InChI is InChI=1S/C14H20FNO3/c1-2-18-7-6-16-9-13(17)14(10-16)19-12-5-3-4-11(15)8-12/h3-5,8,13-14,17H,2,6-7,9-10H2,1H3/t13-,14-/m1/s1. The highest BCUT2D eigenvalue weighted by atomic mass is 19.1. The molecule has 1 aliphatic heterocycles. The van der Waals surface area contributed by atoms with Gasteiger partial charge in [-0.1, -0.05) is 6.07 Å². The van der Waals surface area contributed by atoms with Gasteiger partial charge in [0.25, 0.3) is 0 Å². The molecule has 0 aliphatic carbocycles. The number of ether oxygens (including phenoxy) is 2. The third-order valence-corrected chi connectivity index (χ3v) is 3.15. The Labute approximate surface area is 112 Å². The fourth-order valence-corrected chi connectivity index (χ4v) is 2.18. The third-order valence-electron chi connectivity index (χ3n) is 3.15. The van der Waals surface area contributed by atoms with E-state index in [1.807, 2.05) is 6.92 Å². The summed E-state index contributed by atoms with van der Waals surface area (Å²) in [6.07, 6.45) is -0.867. The van der Waals surface area contributed by atoms with Gasteiger partial charge in [0.15, 0.2) is 0 Å². The molecule has 1 N–H and O–H groups in total. The van der Waals surface area contributed by atoms with Gasteiger partial charge in [-0.25, -0.2) is 4.39 Å². The second kappa shape index (κ2) is 6.84. The van der Waals surface area contributed by atoms with E-state index < -0.39 is 6.10 Å². The lowest BCUT2D eigenvalue weighted by Gasteiger charge is -2.17. The summed E-state index contributed by atoms with van der Waals surface area (Å²) in [6, 6.07) is 5.99. The number of likely N-dealkylation sites (tertiary alicyclic amines) is 1. The zero-order valence-electron chi connectivity index (χ0n) is 11.1. The number of benzene rings is 1. The maximum absolute atomic E-state index is 13.1. The summed E-state index contributed by atoms with van der Waals surface area (Å²) >= 11 is 0. The SMILES string of the molecule is CCOCCN1C[C@@H](O)[C@H](Oc2cccc(F)c2)C1. The van der Waals surface area contributed by atoms with E-state index in [2.05, 4.69) is 4.90 Å². The minimum atomic E-state index is -0.551. The average molecular weight is 269 g/mol. The van der Waals surface area contributed by atoms with Crippen LogP contribution in [0.1, 0.15) is 6.92 Å². The van der Waals surface area contributed by atoms with Gasteiger partial charge in [-0.3, -0.25) is 4.90 Å². The van der Waals surface area contributed by atoms with Crippen LogP contribution in [-0.2, 0) is 4.74 Å². The Bertz CT molecular complexity index is 402. The highest BCUT2D eigenvalue weighted by Gasteiger charge is 2.32. The zero-order chi connectivity index (χ0) is 13.7. The molecule has 2 rings (SSSR count). The lowest BCUT2D eigenvalue weighted by atomic mass is 10.2. The van der Waals surface area contributed by atoms with Crippen molar-refractivity contribution in [1.29, 1.82) is 0 Å². The molecule has 1 aromatic carbocycles. The first-order valence-corrected chi connectivity index (χ1v) is 6.59. The minimum Gasteiger partial charge on any atom is -0.486 e. The molecule has 1 saturated heterocycles. The molecule has 0 radical (unpaired) electrons. The van der Waals surface area contributed by atoms with Gasteiger partial charge < -0.3 is 14.6 Å². The second-order valence-corrected chi connectivity index (χ2v) is 4.64. The largest absolute Gasteiger partial charge is 0.486 e. The van der Waals surface area contributed by atoms with Crippen molar-refractivity contribution in [3.63, 3.8) is 0 Å². The quantitative estimate of drug-likeness (QED) is 0.790. The van der Waals surface area contributed by atoms with Crippen molar-refractivity contribution in [2.24, 2.45) is 0 Å². The van der Waals surface area contributed by atoms with Crippen molar-refractivity contribution < 1.29 is 19.0 Å². The van der Waals surface area contributed by atoms with Crippen LogP contribution in [0.25, 0.3) is 0 Å². The van der Waals surface area contributed by atoms with Gasteiger partial charge in [-0.2, -0.15) is 0 Å². The van der Waals surface area contributed by atoms with Gasteiger partial charge in [0.05, 0.1) is 6.61 Å².